The maximum atomic E-state index is 12.2. The van der Waals surface area contributed by atoms with Gasteiger partial charge in [0.25, 0.3) is 5.91 Å². The van der Waals surface area contributed by atoms with Gasteiger partial charge >= 0.3 is 0 Å². The first-order chi connectivity index (χ1) is 14.0. The van der Waals surface area contributed by atoms with E-state index in [4.69, 9.17) is 25.8 Å². The van der Waals surface area contributed by atoms with E-state index in [1.54, 1.807) is 56.7 Å². The summed E-state index contributed by atoms with van der Waals surface area (Å²) in [4.78, 5) is 24.3. The molecule has 2 N–H and O–H groups in total. The van der Waals surface area contributed by atoms with Gasteiger partial charge in [-0.15, -0.1) is 0 Å². The lowest BCUT2D eigenvalue weighted by Crippen LogP contribution is -2.25. The van der Waals surface area contributed by atoms with Crippen LogP contribution in [0.2, 0.25) is 5.02 Å². The Labute approximate surface area is 175 Å². The topological polar surface area (TPSA) is 85.9 Å². The SMILES string of the molecule is COCCOc1c(Cl)cccc1NC(=O)CCCNC(=O)c1ccc(OC)cc1. The number of benzene rings is 2. The zero-order valence-electron chi connectivity index (χ0n) is 16.5. The molecule has 0 saturated carbocycles. The van der Waals surface area contributed by atoms with Crippen LogP contribution in [0, 0.1) is 0 Å². The van der Waals surface area contributed by atoms with Crippen molar-refractivity contribution in [1.82, 2.24) is 5.32 Å². The van der Waals surface area contributed by atoms with Crippen molar-refractivity contribution in [3.63, 3.8) is 0 Å². The highest BCUT2D eigenvalue weighted by atomic mass is 35.5. The lowest BCUT2D eigenvalue weighted by atomic mass is 10.2. The minimum absolute atomic E-state index is 0.192. The first-order valence-electron chi connectivity index (χ1n) is 9.17. The molecule has 2 aromatic rings. The largest absolute Gasteiger partial charge is 0.497 e. The Balaban J connectivity index is 1.78. The number of rotatable bonds is 11. The Kier molecular flexibility index (Phi) is 9.27. The van der Waals surface area contributed by atoms with Crippen LogP contribution in [0.15, 0.2) is 42.5 Å². The highest BCUT2D eigenvalue weighted by molar-refractivity contribution is 6.32. The van der Waals surface area contributed by atoms with E-state index < -0.39 is 0 Å². The van der Waals surface area contributed by atoms with E-state index in [9.17, 15) is 9.59 Å². The summed E-state index contributed by atoms with van der Waals surface area (Å²) in [5, 5.41) is 5.99. The van der Waals surface area contributed by atoms with Crippen LogP contribution < -0.4 is 20.1 Å². The van der Waals surface area contributed by atoms with Gasteiger partial charge in [0.05, 0.1) is 24.4 Å². The summed E-state index contributed by atoms with van der Waals surface area (Å²) in [6.45, 7) is 1.11. The Hall–Kier alpha value is -2.77. The maximum absolute atomic E-state index is 12.2. The van der Waals surface area contributed by atoms with Crippen molar-refractivity contribution in [2.75, 3.05) is 39.3 Å². The number of carbonyl (C=O) groups is 2. The molecular formula is C21H25ClN2O5. The summed E-state index contributed by atoms with van der Waals surface area (Å²) >= 11 is 6.16. The lowest BCUT2D eigenvalue weighted by molar-refractivity contribution is -0.116. The van der Waals surface area contributed by atoms with Crippen molar-refractivity contribution in [2.24, 2.45) is 0 Å². The predicted octanol–water partition coefficient (Wildman–Crippen LogP) is 3.52. The van der Waals surface area contributed by atoms with E-state index in [0.717, 1.165) is 0 Å². The fraction of sp³-hybridized carbons (Fsp3) is 0.333. The standard InChI is InChI=1S/C21H25ClN2O5/c1-27-13-14-29-20-17(22)5-3-6-18(20)24-19(25)7-4-12-23-21(26)15-8-10-16(28-2)11-9-15/h3,5-6,8-11H,4,7,12-14H2,1-2H3,(H,23,26)(H,24,25). The van der Waals surface area contributed by atoms with Gasteiger partial charge < -0.3 is 24.8 Å². The zero-order valence-corrected chi connectivity index (χ0v) is 17.3. The van der Waals surface area contributed by atoms with Crippen LogP contribution in [0.1, 0.15) is 23.2 Å². The minimum atomic E-state index is -0.197. The molecule has 8 heteroatoms. The summed E-state index contributed by atoms with van der Waals surface area (Å²) in [5.74, 6) is 0.705. The van der Waals surface area contributed by atoms with Crippen molar-refractivity contribution in [2.45, 2.75) is 12.8 Å². The number of ether oxygens (including phenoxy) is 3. The molecule has 0 aliphatic heterocycles. The Morgan fingerprint density at radius 1 is 1.03 bits per heavy atom. The number of hydrogen-bond donors (Lipinski definition) is 2. The normalized spacial score (nSPS) is 10.3. The third-order valence-electron chi connectivity index (χ3n) is 3.99. The van der Waals surface area contributed by atoms with E-state index >= 15 is 0 Å². The molecule has 2 rings (SSSR count). The van der Waals surface area contributed by atoms with Gasteiger partial charge in [0, 0.05) is 25.6 Å². The molecule has 7 nitrogen and oxygen atoms in total. The van der Waals surface area contributed by atoms with E-state index in [1.165, 1.54) is 0 Å². The van der Waals surface area contributed by atoms with E-state index in [2.05, 4.69) is 10.6 Å². The number of carbonyl (C=O) groups excluding carboxylic acids is 2. The molecule has 0 heterocycles. The zero-order chi connectivity index (χ0) is 21.1. The number of hydrogen-bond acceptors (Lipinski definition) is 5. The van der Waals surface area contributed by atoms with Crippen LogP contribution in [0.3, 0.4) is 0 Å². The second-order valence-corrected chi connectivity index (χ2v) is 6.50. The van der Waals surface area contributed by atoms with Crippen LogP contribution in [0.25, 0.3) is 0 Å². The van der Waals surface area contributed by atoms with Crippen molar-refractivity contribution in [3.8, 4) is 11.5 Å². The molecular weight excluding hydrogens is 396 g/mol. The molecule has 0 spiro atoms. The van der Waals surface area contributed by atoms with Crippen molar-refractivity contribution >= 4 is 29.1 Å². The van der Waals surface area contributed by atoms with Gasteiger partial charge in [-0.1, -0.05) is 17.7 Å². The highest BCUT2D eigenvalue weighted by Crippen LogP contribution is 2.33. The molecule has 0 bridgehead atoms. The second-order valence-electron chi connectivity index (χ2n) is 6.09. The molecule has 2 aromatic carbocycles. The van der Waals surface area contributed by atoms with Crippen molar-refractivity contribution < 1.29 is 23.8 Å². The van der Waals surface area contributed by atoms with Crippen molar-refractivity contribution in [1.29, 1.82) is 0 Å². The Morgan fingerprint density at radius 2 is 1.79 bits per heavy atom. The number of methoxy groups -OCH3 is 2. The first-order valence-corrected chi connectivity index (χ1v) is 9.55. The fourth-order valence-electron chi connectivity index (χ4n) is 2.49. The third kappa shape index (κ3) is 7.29. The molecule has 2 amide bonds. The molecule has 156 valence electrons. The average molecular weight is 421 g/mol. The number of amides is 2. The van der Waals surface area contributed by atoms with Crippen LogP contribution in [-0.4, -0.2) is 45.8 Å². The molecule has 0 fully saturated rings. The van der Waals surface area contributed by atoms with Crippen LogP contribution in [0.5, 0.6) is 11.5 Å². The second kappa shape index (κ2) is 11.9. The summed E-state index contributed by atoms with van der Waals surface area (Å²) in [6, 6.07) is 12.0. The molecule has 0 aromatic heterocycles. The molecule has 29 heavy (non-hydrogen) atoms. The number of halogens is 1. The van der Waals surface area contributed by atoms with Crippen LogP contribution in [0.4, 0.5) is 5.69 Å². The average Bonchev–Trinajstić information content (AvgIpc) is 2.73. The maximum Gasteiger partial charge on any atom is 0.251 e. The first kappa shape index (κ1) is 22.5. The van der Waals surface area contributed by atoms with Crippen LogP contribution >= 0.6 is 11.6 Å². The summed E-state index contributed by atoms with van der Waals surface area (Å²) < 4.78 is 15.6. The smallest absolute Gasteiger partial charge is 0.251 e. The molecule has 0 saturated heterocycles. The minimum Gasteiger partial charge on any atom is -0.497 e. The summed E-state index contributed by atoms with van der Waals surface area (Å²) in [6.07, 6.45) is 0.737. The monoisotopic (exact) mass is 420 g/mol. The Morgan fingerprint density at radius 3 is 2.48 bits per heavy atom. The van der Waals surface area contributed by atoms with Crippen LogP contribution in [-0.2, 0) is 9.53 Å². The van der Waals surface area contributed by atoms with E-state index in [-0.39, 0.29) is 18.2 Å². The number of anilines is 1. The summed E-state index contributed by atoms with van der Waals surface area (Å²) in [5.41, 5.74) is 1.04. The number of nitrogens with one attached hydrogen (secondary N) is 2. The number of para-hydroxylation sites is 1. The summed E-state index contributed by atoms with van der Waals surface area (Å²) in [7, 11) is 3.14. The molecule has 0 atom stereocenters. The van der Waals surface area contributed by atoms with Crippen molar-refractivity contribution in [3.05, 3.63) is 53.1 Å². The quantitative estimate of drug-likeness (QED) is 0.543. The molecule has 0 aliphatic carbocycles. The predicted molar refractivity (Wildman–Crippen MR) is 112 cm³/mol. The van der Waals surface area contributed by atoms with E-state index in [0.29, 0.717) is 54.0 Å². The molecule has 0 aliphatic rings. The molecule has 0 unspecified atom stereocenters. The lowest BCUT2D eigenvalue weighted by Gasteiger charge is -2.14. The van der Waals surface area contributed by atoms with Gasteiger partial charge in [0.15, 0.2) is 5.75 Å². The van der Waals surface area contributed by atoms with Gasteiger partial charge in [-0.25, -0.2) is 0 Å². The highest BCUT2D eigenvalue weighted by Gasteiger charge is 2.12. The van der Waals surface area contributed by atoms with Gasteiger partial charge in [-0.2, -0.15) is 0 Å². The fourth-order valence-corrected chi connectivity index (χ4v) is 2.72. The van der Waals surface area contributed by atoms with Gasteiger partial charge in [0.2, 0.25) is 5.91 Å². The van der Waals surface area contributed by atoms with E-state index in [1.807, 2.05) is 0 Å². The van der Waals surface area contributed by atoms with Gasteiger partial charge in [-0.05, 0) is 42.8 Å². The Bertz CT molecular complexity index is 811. The van der Waals surface area contributed by atoms with Gasteiger partial charge in [0.1, 0.15) is 12.4 Å². The molecule has 0 radical (unpaired) electrons. The third-order valence-corrected chi connectivity index (χ3v) is 4.29. The van der Waals surface area contributed by atoms with Gasteiger partial charge in [-0.3, -0.25) is 9.59 Å².